The molecule has 0 bridgehead atoms. The lowest BCUT2D eigenvalue weighted by atomic mass is 10.2. The first-order valence-electron chi connectivity index (χ1n) is 9.83. The predicted octanol–water partition coefficient (Wildman–Crippen LogP) is 4.03. The van der Waals surface area contributed by atoms with Crippen LogP contribution in [0.15, 0.2) is 60.8 Å². The second-order valence-corrected chi connectivity index (χ2v) is 6.66. The summed E-state index contributed by atoms with van der Waals surface area (Å²) in [5.41, 5.74) is 3.22. The maximum absolute atomic E-state index is 6.04. The number of aromatic nitrogens is 3. The molecule has 2 aromatic carbocycles. The lowest BCUT2D eigenvalue weighted by Crippen LogP contribution is -2.04. The van der Waals surface area contributed by atoms with Gasteiger partial charge in [0.05, 0.1) is 21.3 Å². The minimum absolute atomic E-state index is 0.206. The molecular formula is C25H21N3O4. The molecule has 0 aliphatic heterocycles. The van der Waals surface area contributed by atoms with Gasteiger partial charge in [-0.25, -0.2) is 15.0 Å². The largest absolute Gasteiger partial charge is 0.493 e. The van der Waals surface area contributed by atoms with E-state index in [2.05, 4.69) is 26.8 Å². The standard InChI is InChI=1S/C25H21N3O4/c1-29-21-14-18(15-22(30-2)23(21)31-3)16-32-25-20(12-11-17-8-5-4-6-9-17)27-24-19(28-25)10-7-13-26-24/h4-10,13-15H,16H2,1-3H3. The van der Waals surface area contributed by atoms with Crippen molar-refractivity contribution < 1.29 is 18.9 Å². The molecule has 160 valence electrons. The minimum Gasteiger partial charge on any atom is -0.493 e. The van der Waals surface area contributed by atoms with Crippen LogP contribution < -0.4 is 18.9 Å². The average molecular weight is 427 g/mol. The lowest BCUT2D eigenvalue weighted by Gasteiger charge is -2.14. The Hall–Kier alpha value is -4.31. The van der Waals surface area contributed by atoms with Crippen molar-refractivity contribution in [2.24, 2.45) is 0 Å². The van der Waals surface area contributed by atoms with Gasteiger partial charge < -0.3 is 18.9 Å². The number of methoxy groups -OCH3 is 3. The number of benzene rings is 2. The average Bonchev–Trinajstić information content (AvgIpc) is 2.85. The maximum Gasteiger partial charge on any atom is 0.250 e. The van der Waals surface area contributed by atoms with Crippen LogP contribution >= 0.6 is 0 Å². The van der Waals surface area contributed by atoms with Crippen molar-refractivity contribution in [2.75, 3.05) is 21.3 Å². The highest BCUT2D eigenvalue weighted by Crippen LogP contribution is 2.38. The molecule has 7 nitrogen and oxygen atoms in total. The molecule has 4 aromatic rings. The number of hydrogen-bond acceptors (Lipinski definition) is 7. The van der Waals surface area contributed by atoms with Gasteiger partial charge in [-0.1, -0.05) is 24.1 Å². The van der Waals surface area contributed by atoms with Gasteiger partial charge in [0.1, 0.15) is 12.1 Å². The minimum atomic E-state index is 0.206. The summed E-state index contributed by atoms with van der Waals surface area (Å²) in [5, 5.41) is 0. The predicted molar refractivity (Wildman–Crippen MR) is 120 cm³/mol. The second-order valence-electron chi connectivity index (χ2n) is 6.66. The Morgan fingerprint density at radius 2 is 1.56 bits per heavy atom. The number of ether oxygens (including phenoxy) is 4. The number of rotatable bonds is 6. The fourth-order valence-corrected chi connectivity index (χ4v) is 3.08. The Labute approximate surface area is 186 Å². The van der Waals surface area contributed by atoms with Crippen LogP contribution in [0, 0.1) is 11.8 Å². The van der Waals surface area contributed by atoms with Gasteiger partial charge in [-0.05, 0) is 47.9 Å². The molecule has 0 fully saturated rings. The Balaban J connectivity index is 1.69. The molecule has 0 N–H and O–H groups in total. The van der Waals surface area contributed by atoms with E-state index in [4.69, 9.17) is 18.9 Å². The Kier molecular flexibility index (Phi) is 6.33. The van der Waals surface area contributed by atoms with Crippen LogP contribution in [0.4, 0.5) is 0 Å². The molecule has 0 spiro atoms. The Bertz CT molecular complexity index is 1270. The van der Waals surface area contributed by atoms with Gasteiger partial charge in [0.2, 0.25) is 11.6 Å². The van der Waals surface area contributed by atoms with E-state index in [-0.39, 0.29) is 6.61 Å². The summed E-state index contributed by atoms with van der Waals surface area (Å²) in [7, 11) is 4.70. The van der Waals surface area contributed by atoms with Crippen molar-refractivity contribution in [3.8, 4) is 35.0 Å². The summed E-state index contributed by atoms with van der Waals surface area (Å²) in [6.45, 7) is 0.206. The third kappa shape index (κ3) is 4.55. The number of hydrogen-bond donors (Lipinski definition) is 0. The van der Waals surface area contributed by atoms with Crippen LogP contribution in [-0.4, -0.2) is 36.3 Å². The molecule has 0 aliphatic rings. The molecule has 0 atom stereocenters. The molecular weight excluding hydrogens is 406 g/mol. The van der Waals surface area contributed by atoms with E-state index in [1.165, 1.54) is 0 Å². The van der Waals surface area contributed by atoms with Crippen molar-refractivity contribution in [1.82, 2.24) is 15.0 Å². The van der Waals surface area contributed by atoms with Gasteiger partial charge in [0.25, 0.3) is 0 Å². The van der Waals surface area contributed by atoms with Gasteiger partial charge in [-0.3, -0.25) is 0 Å². The molecule has 0 aliphatic carbocycles. The highest BCUT2D eigenvalue weighted by atomic mass is 16.5. The molecule has 0 unspecified atom stereocenters. The molecule has 2 heterocycles. The Morgan fingerprint density at radius 1 is 0.812 bits per heavy atom. The van der Waals surface area contributed by atoms with Crippen molar-refractivity contribution in [1.29, 1.82) is 0 Å². The highest BCUT2D eigenvalue weighted by molar-refractivity contribution is 5.71. The number of pyridine rings is 1. The fourth-order valence-electron chi connectivity index (χ4n) is 3.08. The van der Waals surface area contributed by atoms with Crippen LogP contribution in [0.25, 0.3) is 11.2 Å². The first-order chi connectivity index (χ1) is 15.7. The fraction of sp³-hybridized carbons (Fsp3) is 0.160. The third-order valence-corrected chi connectivity index (χ3v) is 4.61. The zero-order chi connectivity index (χ0) is 22.3. The first-order valence-corrected chi connectivity index (χ1v) is 9.83. The van der Waals surface area contributed by atoms with Gasteiger partial charge in [0, 0.05) is 11.8 Å². The molecule has 32 heavy (non-hydrogen) atoms. The number of fused-ring (bicyclic) bond motifs is 1. The summed E-state index contributed by atoms with van der Waals surface area (Å²) < 4.78 is 22.3. The zero-order valence-electron chi connectivity index (χ0n) is 18.0. The smallest absolute Gasteiger partial charge is 0.250 e. The van der Waals surface area contributed by atoms with Gasteiger partial charge >= 0.3 is 0 Å². The van der Waals surface area contributed by atoms with E-state index in [0.717, 1.165) is 11.1 Å². The van der Waals surface area contributed by atoms with E-state index in [1.807, 2.05) is 48.5 Å². The van der Waals surface area contributed by atoms with Crippen molar-refractivity contribution in [2.45, 2.75) is 6.61 Å². The molecule has 0 saturated carbocycles. The van der Waals surface area contributed by atoms with E-state index in [1.54, 1.807) is 33.6 Å². The van der Waals surface area contributed by atoms with Crippen LogP contribution in [0.1, 0.15) is 16.8 Å². The first kappa shape index (κ1) is 20.9. The summed E-state index contributed by atoms with van der Waals surface area (Å²) in [5.74, 6) is 8.09. The summed E-state index contributed by atoms with van der Waals surface area (Å²) in [4.78, 5) is 13.4. The van der Waals surface area contributed by atoms with Crippen LogP contribution in [0.3, 0.4) is 0 Å². The summed E-state index contributed by atoms with van der Waals surface area (Å²) >= 11 is 0. The monoisotopic (exact) mass is 427 g/mol. The van der Waals surface area contributed by atoms with E-state index in [0.29, 0.717) is 40.0 Å². The molecule has 2 aromatic heterocycles. The van der Waals surface area contributed by atoms with Crippen molar-refractivity contribution in [3.63, 3.8) is 0 Å². The van der Waals surface area contributed by atoms with Gasteiger partial charge in [-0.15, -0.1) is 0 Å². The quantitative estimate of drug-likeness (QED) is 0.430. The SMILES string of the molecule is COc1cc(COc2nc3cccnc3nc2C#Cc2ccccc2)cc(OC)c1OC. The van der Waals surface area contributed by atoms with Crippen molar-refractivity contribution in [3.05, 3.63) is 77.6 Å². The molecule has 0 radical (unpaired) electrons. The molecule has 7 heteroatoms. The van der Waals surface area contributed by atoms with Crippen molar-refractivity contribution >= 4 is 11.2 Å². The number of nitrogens with zero attached hydrogens (tertiary/aromatic N) is 3. The summed E-state index contributed by atoms with van der Waals surface area (Å²) in [6.07, 6.45) is 1.67. The van der Waals surface area contributed by atoms with E-state index < -0.39 is 0 Å². The van der Waals surface area contributed by atoms with Crippen LogP contribution in [0.2, 0.25) is 0 Å². The zero-order valence-corrected chi connectivity index (χ0v) is 18.0. The van der Waals surface area contributed by atoms with Crippen LogP contribution in [-0.2, 0) is 6.61 Å². The topological polar surface area (TPSA) is 75.6 Å². The second kappa shape index (κ2) is 9.67. The normalized spacial score (nSPS) is 10.2. The lowest BCUT2D eigenvalue weighted by molar-refractivity contribution is 0.287. The van der Waals surface area contributed by atoms with Gasteiger partial charge in [-0.2, -0.15) is 0 Å². The third-order valence-electron chi connectivity index (χ3n) is 4.61. The van der Waals surface area contributed by atoms with E-state index in [9.17, 15) is 0 Å². The van der Waals surface area contributed by atoms with Gasteiger partial charge in [0.15, 0.2) is 22.8 Å². The van der Waals surface area contributed by atoms with E-state index >= 15 is 0 Å². The molecule has 0 amide bonds. The molecule has 0 saturated heterocycles. The van der Waals surface area contributed by atoms with Crippen LogP contribution in [0.5, 0.6) is 23.1 Å². The maximum atomic E-state index is 6.04. The Morgan fingerprint density at radius 3 is 2.25 bits per heavy atom. The summed E-state index contributed by atoms with van der Waals surface area (Å²) in [6, 6.07) is 16.9. The molecule has 4 rings (SSSR count). The highest BCUT2D eigenvalue weighted by Gasteiger charge is 2.15.